The largest absolute Gasteiger partial charge is 0.468 e. The summed E-state index contributed by atoms with van der Waals surface area (Å²) in [5.74, 6) is -0.935. The van der Waals surface area contributed by atoms with Gasteiger partial charge in [-0.15, -0.1) is 0 Å². The van der Waals surface area contributed by atoms with E-state index in [0.717, 1.165) is 6.42 Å². The van der Waals surface area contributed by atoms with Crippen LogP contribution >= 0.6 is 0 Å². The zero-order chi connectivity index (χ0) is 20.7. The predicted molar refractivity (Wildman–Crippen MR) is 112 cm³/mol. The van der Waals surface area contributed by atoms with Gasteiger partial charge in [-0.25, -0.2) is 9.18 Å². The number of anilines is 1. The van der Waals surface area contributed by atoms with Gasteiger partial charge in [0.2, 0.25) is 0 Å². The summed E-state index contributed by atoms with van der Waals surface area (Å²) in [6, 6.07) is 13.3. The molecule has 0 aliphatic heterocycles. The fourth-order valence-corrected chi connectivity index (χ4v) is 1.87. The van der Waals surface area contributed by atoms with E-state index < -0.39 is 12.0 Å². The van der Waals surface area contributed by atoms with Gasteiger partial charge in [-0.3, -0.25) is 4.79 Å². The van der Waals surface area contributed by atoms with E-state index in [1.54, 1.807) is 0 Å². The Bertz CT molecular complexity index is 699. The maximum absolute atomic E-state index is 12.5. The van der Waals surface area contributed by atoms with Gasteiger partial charge in [0.1, 0.15) is 12.4 Å². The van der Waals surface area contributed by atoms with Crippen LogP contribution in [0.2, 0.25) is 0 Å². The van der Waals surface area contributed by atoms with E-state index in [2.05, 4.69) is 53.5 Å². The molecule has 0 heterocycles. The van der Waals surface area contributed by atoms with Crippen LogP contribution in [0.4, 0.5) is 14.9 Å². The van der Waals surface area contributed by atoms with Gasteiger partial charge in [0.05, 0.1) is 7.11 Å². The topological polar surface area (TPSA) is 67.4 Å². The summed E-state index contributed by atoms with van der Waals surface area (Å²) in [5, 5.41) is 4.70. The Hall–Kier alpha value is -2.89. The molecule has 0 radical (unpaired) electrons. The fraction of sp³-hybridized carbons (Fsp3) is 0.333. The van der Waals surface area contributed by atoms with Crippen LogP contribution in [0, 0.1) is 12.7 Å². The summed E-state index contributed by atoms with van der Waals surface area (Å²) in [5.41, 5.74) is 3.22. The maximum atomic E-state index is 12.5. The molecule has 2 amide bonds. The number of hydrogen-bond acceptors (Lipinski definition) is 3. The Morgan fingerprint density at radius 1 is 1.11 bits per heavy atom. The highest BCUT2D eigenvalue weighted by atomic mass is 19.1. The number of urea groups is 1. The molecule has 0 atom stereocenters. The molecule has 0 aromatic heterocycles. The molecule has 2 aromatic rings. The van der Waals surface area contributed by atoms with E-state index in [0.29, 0.717) is 5.69 Å². The van der Waals surface area contributed by atoms with Crippen LogP contribution in [0.1, 0.15) is 34.8 Å². The molecule has 0 aliphatic rings. The van der Waals surface area contributed by atoms with Crippen molar-refractivity contribution in [2.75, 3.05) is 19.0 Å². The maximum Gasteiger partial charge on any atom is 0.325 e. The van der Waals surface area contributed by atoms with Crippen LogP contribution in [-0.4, -0.2) is 25.7 Å². The Morgan fingerprint density at radius 3 is 2.22 bits per heavy atom. The zero-order valence-corrected chi connectivity index (χ0v) is 16.6. The molecule has 5 nitrogen and oxygen atoms in total. The quantitative estimate of drug-likeness (QED) is 0.717. The van der Waals surface area contributed by atoms with Gasteiger partial charge in [0.15, 0.2) is 0 Å². The Morgan fingerprint density at radius 2 is 1.74 bits per heavy atom. The van der Waals surface area contributed by atoms with Crippen molar-refractivity contribution in [3.63, 3.8) is 0 Å². The normalized spacial score (nSPS) is 8.96. The fourth-order valence-electron chi connectivity index (χ4n) is 1.87. The third-order valence-electron chi connectivity index (χ3n) is 3.21. The standard InChI is InChI=1S/C10H11FN2O3.C9H12.C2H6.2H2/c1-16-9(14)6-12-10(15)13-8-4-2-7(11)3-5-8;1-3-9-6-4-5-8(2)7-9;1-2;;/h2-5H,6H2,1H3,(H2,12,13,15);4-7H,3H2,1-2H3;1-2H3;2*1H. The molecule has 2 aromatic carbocycles. The van der Waals surface area contributed by atoms with Gasteiger partial charge < -0.3 is 15.4 Å². The Kier molecular flexibility index (Phi) is 12.8. The average molecular weight is 381 g/mol. The number of ether oxygens (including phenoxy) is 1. The first-order valence-electron chi connectivity index (χ1n) is 8.87. The first kappa shape index (κ1) is 24.1. The summed E-state index contributed by atoms with van der Waals surface area (Å²) in [4.78, 5) is 21.9. The summed E-state index contributed by atoms with van der Waals surface area (Å²) in [6.45, 7) is 8.08. The molecular weight excluding hydrogens is 347 g/mol. The third-order valence-corrected chi connectivity index (χ3v) is 3.21. The minimum atomic E-state index is -0.558. The average Bonchev–Trinajstić information content (AvgIpc) is 2.70. The number of carbonyl (C=O) groups is 2. The van der Waals surface area contributed by atoms with Crippen LogP contribution in [-0.2, 0) is 16.0 Å². The van der Waals surface area contributed by atoms with E-state index >= 15 is 0 Å². The van der Waals surface area contributed by atoms with Crippen molar-refractivity contribution in [3.05, 3.63) is 65.5 Å². The van der Waals surface area contributed by atoms with Gasteiger partial charge in [-0.05, 0) is 43.2 Å². The van der Waals surface area contributed by atoms with E-state index in [9.17, 15) is 14.0 Å². The second-order valence-electron chi connectivity index (χ2n) is 5.23. The minimum Gasteiger partial charge on any atom is -0.468 e. The van der Waals surface area contributed by atoms with Gasteiger partial charge in [-0.2, -0.15) is 0 Å². The second-order valence-corrected chi connectivity index (χ2v) is 5.23. The summed E-state index contributed by atoms with van der Waals surface area (Å²) in [6.07, 6.45) is 1.14. The van der Waals surface area contributed by atoms with Gasteiger partial charge in [0.25, 0.3) is 0 Å². The molecule has 27 heavy (non-hydrogen) atoms. The SMILES string of the molecule is CC.CCc1cccc(C)c1.COC(=O)CNC(=O)Nc1ccc(F)cc1.[HH].[HH]. The van der Waals surface area contributed by atoms with Crippen molar-refractivity contribution in [2.45, 2.75) is 34.1 Å². The number of rotatable bonds is 4. The molecule has 0 saturated heterocycles. The number of esters is 1. The number of amides is 2. The molecule has 0 spiro atoms. The third kappa shape index (κ3) is 11.4. The molecule has 0 fully saturated rings. The first-order chi connectivity index (χ1) is 12.9. The highest BCUT2D eigenvalue weighted by Gasteiger charge is 2.04. The lowest BCUT2D eigenvalue weighted by atomic mass is 10.1. The summed E-state index contributed by atoms with van der Waals surface area (Å²) in [7, 11) is 1.22. The van der Waals surface area contributed by atoms with Crippen molar-refractivity contribution in [2.24, 2.45) is 0 Å². The van der Waals surface area contributed by atoms with Crippen LogP contribution in [0.15, 0.2) is 48.5 Å². The van der Waals surface area contributed by atoms with Crippen molar-refractivity contribution in [1.82, 2.24) is 5.32 Å². The van der Waals surface area contributed by atoms with Crippen LogP contribution in [0.5, 0.6) is 0 Å². The number of hydrogen-bond donors (Lipinski definition) is 2. The van der Waals surface area contributed by atoms with Gasteiger partial charge in [0, 0.05) is 8.54 Å². The molecule has 0 saturated carbocycles. The lowest BCUT2D eigenvalue weighted by Gasteiger charge is -2.06. The number of methoxy groups -OCH3 is 1. The van der Waals surface area contributed by atoms with E-state index in [1.165, 1.54) is 42.5 Å². The van der Waals surface area contributed by atoms with E-state index in [4.69, 9.17) is 0 Å². The predicted octanol–water partition coefficient (Wildman–Crippen LogP) is 5.20. The molecule has 0 aliphatic carbocycles. The summed E-state index contributed by atoms with van der Waals surface area (Å²) < 4.78 is 16.9. The number of nitrogens with one attached hydrogen (secondary N) is 2. The number of benzene rings is 2. The lowest BCUT2D eigenvalue weighted by molar-refractivity contribution is -0.139. The number of halogens is 1. The summed E-state index contributed by atoms with van der Waals surface area (Å²) >= 11 is 0. The number of carbonyl (C=O) groups excluding carboxylic acids is 2. The second kappa shape index (κ2) is 14.3. The van der Waals surface area contributed by atoms with E-state index in [-0.39, 0.29) is 15.2 Å². The van der Waals surface area contributed by atoms with E-state index in [1.807, 2.05) is 13.8 Å². The monoisotopic (exact) mass is 380 g/mol. The molecule has 6 heteroatoms. The Labute approximate surface area is 163 Å². The van der Waals surface area contributed by atoms with Crippen LogP contribution in [0.25, 0.3) is 0 Å². The van der Waals surface area contributed by atoms with Crippen molar-refractivity contribution < 1.29 is 21.6 Å². The van der Waals surface area contributed by atoms with Gasteiger partial charge in [-0.1, -0.05) is 50.6 Å². The minimum absolute atomic E-state index is 0. The van der Waals surface area contributed by atoms with Crippen molar-refractivity contribution >= 4 is 17.7 Å². The molecule has 0 bridgehead atoms. The first-order valence-corrected chi connectivity index (χ1v) is 8.87. The molecule has 152 valence electrons. The van der Waals surface area contributed by atoms with Gasteiger partial charge >= 0.3 is 12.0 Å². The zero-order valence-electron chi connectivity index (χ0n) is 16.6. The number of aryl methyl sites for hydroxylation is 2. The highest BCUT2D eigenvalue weighted by molar-refractivity contribution is 5.91. The smallest absolute Gasteiger partial charge is 0.325 e. The van der Waals surface area contributed by atoms with Crippen LogP contribution in [0.3, 0.4) is 0 Å². The Balaban J connectivity index is -0.000000447. The highest BCUT2D eigenvalue weighted by Crippen LogP contribution is 2.07. The molecule has 2 N–H and O–H groups in total. The lowest BCUT2D eigenvalue weighted by Crippen LogP contribution is -2.33. The van der Waals surface area contributed by atoms with Crippen LogP contribution < -0.4 is 10.6 Å². The molecule has 2 rings (SSSR count). The van der Waals surface area contributed by atoms with Crippen molar-refractivity contribution in [3.8, 4) is 0 Å². The molecular formula is C21H33FN2O3. The molecule has 0 unspecified atom stereocenters. The van der Waals surface area contributed by atoms with Crippen molar-refractivity contribution in [1.29, 1.82) is 0 Å².